The molecule has 3 rings (SSSR count). The van der Waals surface area contributed by atoms with Gasteiger partial charge in [0, 0.05) is 16.6 Å². The molecule has 148 valence electrons. The number of imidazole rings is 1. The number of nitrogens with one attached hydrogen (secondary N) is 2. The maximum absolute atomic E-state index is 12.8. The van der Waals surface area contributed by atoms with Crippen LogP contribution >= 0.6 is 11.6 Å². The number of nitrogens with zero attached hydrogens (tertiary/aromatic N) is 2. The Labute approximate surface area is 167 Å². The van der Waals surface area contributed by atoms with Crippen molar-refractivity contribution in [2.45, 2.75) is 39.7 Å². The molecular weight excluding hydrogens is 380 g/mol. The summed E-state index contributed by atoms with van der Waals surface area (Å²) in [7, 11) is 1.49. The summed E-state index contributed by atoms with van der Waals surface area (Å²) >= 11 is 6.26. The van der Waals surface area contributed by atoms with E-state index in [2.05, 4.69) is 29.1 Å². The maximum atomic E-state index is 12.8. The number of H-pyrrole nitrogens is 1. The number of rotatable bonds is 6. The minimum atomic E-state index is -0.359. The molecule has 1 unspecified atom stereocenters. The zero-order valence-electron chi connectivity index (χ0n) is 16.3. The summed E-state index contributed by atoms with van der Waals surface area (Å²) in [5.41, 5.74) is 2.80. The number of hydrogen-bond donors (Lipinski definition) is 2. The predicted molar refractivity (Wildman–Crippen MR) is 108 cm³/mol. The molecule has 0 radical (unpaired) electrons. The topological polar surface area (TPSA) is 88.5 Å². The third-order valence-electron chi connectivity index (χ3n) is 4.83. The molecule has 0 aliphatic carbocycles. The summed E-state index contributed by atoms with van der Waals surface area (Å²) in [5, 5.41) is 3.23. The van der Waals surface area contributed by atoms with E-state index < -0.39 is 0 Å². The third-order valence-corrected chi connectivity index (χ3v) is 5.05. The first-order chi connectivity index (χ1) is 13.3. The first-order valence-corrected chi connectivity index (χ1v) is 9.45. The van der Waals surface area contributed by atoms with Crippen LogP contribution in [-0.4, -0.2) is 27.4 Å². The summed E-state index contributed by atoms with van der Waals surface area (Å²) < 4.78 is 6.99. The third kappa shape index (κ3) is 3.75. The number of fused-ring (bicyclic) bond motifs is 1. The van der Waals surface area contributed by atoms with Crippen molar-refractivity contribution in [1.29, 1.82) is 0 Å². The molecule has 3 heterocycles. The van der Waals surface area contributed by atoms with E-state index in [0.29, 0.717) is 27.7 Å². The van der Waals surface area contributed by atoms with Gasteiger partial charge in [0.15, 0.2) is 0 Å². The number of hydrogen-bond acceptors (Lipinski definition) is 4. The average molecular weight is 403 g/mol. The van der Waals surface area contributed by atoms with Gasteiger partial charge in [0.05, 0.1) is 30.4 Å². The van der Waals surface area contributed by atoms with Crippen molar-refractivity contribution in [1.82, 2.24) is 19.7 Å². The molecule has 1 atom stereocenters. The van der Waals surface area contributed by atoms with Crippen LogP contribution in [0.1, 0.15) is 53.6 Å². The second-order valence-electron chi connectivity index (χ2n) is 6.76. The number of ether oxygens (including phenoxy) is 1. The van der Waals surface area contributed by atoms with Crippen molar-refractivity contribution in [2.24, 2.45) is 0 Å². The minimum Gasteiger partial charge on any atom is -0.496 e. The summed E-state index contributed by atoms with van der Waals surface area (Å²) in [6.45, 7) is 5.96. The van der Waals surface area contributed by atoms with Gasteiger partial charge in [0.2, 0.25) is 0 Å². The zero-order chi connectivity index (χ0) is 20.4. The second-order valence-corrected chi connectivity index (χ2v) is 7.20. The van der Waals surface area contributed by atoms with E-state index in [9.17, 15) is 9.59 Å². The highest BCUT2D eigenvalue weighted by atomic mass is 35.5. The molecule has 2 N–H and O–H groups in total. The zero-order valence-corrected chi connectivity index (χ0v) is 17.1. The van der Waals surface area contributed by atoms with E-state index in [-0.39, 0.29) is 23.9 Å². The Kier molecular flexibility index (Phi) is 5.74. The van der Waals surface area contributed by atoms with Crippen LogP contribution in [0.2, 0.25) is 5.02 Å². The highest BCUT2D eigenvalue weighted by molar-refractivity contribution is 6.31. The normalized spacial score (nSPS) is 12.2. The lowest BCUT2D eigenvalue weighted by Crippen LogP contribution is -2.28. The van der Waals surface area contributed by atoms with E-state index in [1.807, 2.05) is 0 Å². The van der Waals surface area contributed by atoms with Crippen molar-refractivity contribution in [2.75, 3.05) is 7.11 Å². The van der Waals surface area contributed by atoms with Crippen LogP contribution in [0.3, 0.4) is 0 Å². The van der Waals surface area contributed by atoms with E-state index >= 15 is 0 Å². The number of pyridine rings is 2. The van der Waals surface area contributed by atoms with Crippen molar-refractivity contribution in [3.63, 3.8) is 0 Å². The largest absolute Gasteiger partial charge is 0.496 e. The van der Waals surface area contributed by atoms with E-state index in [0.717, 1.165) is 17.6 Å². The van der Waals surface area contributed by atoms with Gasteiger partial charge < -0.3 is 15.0 Å². The SMILES string of the molecule is CCC(C)c1ncn2c(C(=O)NCc3c(OC)cc(C)[nH]c3=O)cc(Cl)cc12. The van der Waals surface area contributed by atoms with Crippen molar-refractivity contribution in [3.8, 4) is 5.75 Å². The molecule has 0 aliphatic heterocycles. The number of aromatic amines is 1. The molecule has 0 spiro atoms. The molecule has 8 heteroatoms. The summed E-state index contributed by atoms with van der Waals surface area (Å²) in [4.78, 5) is 32.2. The first kappa shape index (κ1) is 19.9. The second kappa shape index (κ2) is 8.06. The lowest BCUT2D eigenvalue weighted by Gasteiger charge is -2.12. The molecule has 3 aromatic rings. The van der Waals surface area contributed by atoms with Gasteiger partial charge in [0.25, 0.3) is 11.5 Å². The lowest BCUT2D eigenvalue weighted by molar-refractivity contribution is 0.0944. The molecule has 7 nitrogen and oxygen atoms in total. The number of methoxy groups -OCH3 is 1. The van der Waals surface area contributed by atoms with Gasteiger partial charge in [-0.3, -0.25) is 14.0 Å². The monoisotopic (exact) mass is 402 g/mol. The number of carbonyl (C=O) groups is 1. The average Bonchev–Trinajstić information content (AvgIpc) is 3.08. The van der Waals surface area contributed by atoms with Crippen LogP contribution in [0.4, 0.5) is 0 Å². The van der Waals surface area contributed by atoms with E-state index in [1.165, 1.54) is 7.11 Å². The Hall–Kier alpha value is -2.80. The number of amides is 1. The fourth-order valence-corrected chi connectivity index (χ4v) is 3.33. The van der Waals surface area contributed by atoms with Gasteiger partial charge in [-0.15, -0.1) is 0 Å². The Morgan fingerprint density at radius 3 is 2.82 bits per heavy atom. The first-order valence-electron chi connectivity index (χ1n) is 9.07. The maximum Gasteiger partial charge on any atom is 0.268 e. The van der Waals surface area contributed by atoms with Gasteiger partial charge in [-0.1, -0.05) is 25.4 Å². The smallest absolute Gasteiger partial charge is 0.268 e. The van der Waals surface area contributed by atoms with Crippen LogP contribution < -0.4 is 15.6 Å². The van der Waals surface area contributed by atoms with Crippen LogP contribution in [0.25, 0.3) is 5.52 Å². The van der Waals surface area contributed by atoms with Gasteiger partial charge in [-0.25, -0.2) is 4.98 Å². The number of carbonyl (C=O) groups excluding carboxylic acids is 1. The lowest BCUT2D eigenvalue weighted by atomic mass is 10.0. The number of aryl methyl sites for hydroxylation is 1. The van der Waals surface area contributed by atoms with Crippen LogP contribution in [0.5, 0.6) is 5.75 Å². The Bertz CT molecular complexity index is 1090. The van der Waals surface area contributed by atoms with Crippen molar-refractivity contribution < 1.29 is 9.53 Å². The van der Waals surface area contributed by atoms with Gasteiger partial charge in [-0.2, -0.15) is 0 Å². The standard InChI is InChI=1S/C20H23ClN4O3/c1-5-11(2)18-15-7-13(21)8-16(25(15)10-23-18)20(27)22-9-14-17(28-4)6-12(3)24-19(14)26/h6-8,10-11H,5,9H2,1-4H3,(H,22,27)(H,24,26). The predicted octanol–water partition coefficient (Wildman–Crippen LogP) is 3.44. The fourth-order valence-electron chi connectivity index (χ4n) is 3.12. The number of aromatic nitrogens is 3. The van der Waals surface area contributed by atoms with Gasteiger partial charge >= 0.3 is 0 Å². The van der Waals surface area contributed by atoms with E-state index in [1.54, 1.807) is 35.9 Å². The van der Waals surface area contributed by atoms with Crippen molar-refractivity contribution in [3.05, 3.63) is 62.5 Å². The summed E-state index contributed by atoms with van der Waals surface area (Å²) in [5.74, 6) is 0.317. The molecule has 1 amide bonds. The highest BCUT2D eigenvalue weighted by Gasteiger charge is 2.18. The minimum absolute atomic E-state index is 0.0263. The van der Waals surface area contributed by atoms with Crippen LogP contribution in [-0.2, 0) is 6.54 Å². The Balaban J connectivity index is 1.93. The quantitative estimate of drug-likeness (QED) is 0.661. The Morgan fingerprint density at radius 1 is 1.39 bits per heavy atom. The molecule has 0 aliphatic rings. The van der Waals surface area contributed by atoms with Crippen molar-refractivity contribution >= 4 is 23.0 Å². The summed E-state index contributed by atoms with van der Waals surface area (Å²) in [6, 6.07) is 5.11. The van der Waals surface area contributed by atoms with Crippen LogP contribution in [0, 0.1) is 6.92 Å². The molecule has 0 saturated heterocycles. The molecule has 0 fully saturated rings. The van der Waals surface area contributed by atoms with Gasteiger partial charge in [0.1, 0.15) is 17.8 Å². The molecule has 0 aromatic carbocycles. The molecule has 0 bridgehead atoms. The molecule has 28 heavy (non-hydrogen) atoms. The fraction of sp³-hybridized carbons (Fsp3) is 0.350. The number of halogens is 1. The highest BCUT2D eigenvalue weighted by Crippen LogP contribution is 2.26. The molecular formula is C20H23ClN4O3. The molecule has 3 aromatic heterocycles. The van der Waals surface area contributed by atoms with E-state index in [4.69, 9.17) is 16.3 Å². The molecule has 0 saturated carbocycles. The summed E-state index contributed by atoms with van der Waals surface area (Å²) in [6.07, 6.45) is 2.55. The van der Waals surface area contributed by atoms with Crippen LogP contribution in [0.15, 0.2) is 29.3 Å². The Morgan fingerprint density at radius 2 is 2.14 bits per heavy atom. The van der Waals surface area contributed by atoms with Gasteiger partial charge in [-0.05, 0) is 31.5 Å².